The summed E-state index contributed by atoms with van der Waals surface area (Å²) in [6.07, 6.45) is 0. The standard InChI is InChI=1S/C8H23N5.BH3O3/c9-1-4-12-5-8-13(6-2-10)7-3-11;2-1(3)4/h12H,1-11H2;2-4H. The lowest BCUT2D eigenvalue weighted by Gasteiger charge is -2.20. The van der Waals surface area contributed by atoms with E-state index >= 15 is 0 Å². The van der Waals surface area contributed by atoms with E-state index in [-0.39, 0.29) is 0 Å². The van der Waals surface area contributed by atoms with Crippen LogP contribution in [0.2, 0.25) is 0 Å². The van der Waals surface area contributed by atoms with Gasteiger partial charge in [0.2, 0.25) is 0 Å². The normalized spacial score (nSPS) is 10.1. The Bertz CT molecular complexity index is 136. The highest BCUT2D eigenvalue weighted by molar-refractivity contribution is 6.30. The van der Waals surface area contributed by atoms with Crippen LogP contribution in [0, 0.1) is 0 Å². The van der Waals surface area contributed by atoms with Crippen LogP contribution in [0.15, 0.2) is 0 Å². The molecule has 0 bridgehead atoms. The Morgan fingerprint density at radius 1 is 0.824 bits per heavy atom. The summed E-state index contributed by atoms with van der Waals surface area (Å²) >= 11 is 0. The molecule has 104 valence electrons. The van der Waals surface area contributed by atoms with E-state index in [0.29, 0.717) is 19.6 Å². The summed E-state index contributed by atoms with van der Waals surface area (Å²) in [7, 11) is -2.17. The molecule has 0 aromatic heterocycles. The Hall–Kier alpha value is -0.255. The van der Waals surface area contributed by atoms with Gasteiger partial charge in [-0.25, -0.2) is 0 Å². The topological polar surface area (TPSA) is 154 Å². The van der Waals surface area contributed by atoms with Gasteiger partial charge in [-0.05, 0) is 0 Å². The van der Waals surface area contributed by atoms with E-state index in [1.807, 2.05) is 0 Å². The van der Waals surface area contributed by atoms with Gasteiger partial charge in [0, 0.05) is 52.4 Å². The zero-order valence-electron chi connectivity index (χ0n) is 10.3. The average molecular weight is 251 g/mol. The van der Waals surface area contributed by atoms with Crippen molar-refractivity contribution in [2.75, 3.05) is 52.4 Å². The van der Waals surface area contributed by atoms with Gasteiger partial charge < -0.3 is 37.6 Å². The van der Waals surface area contributed by atoms with Crippen molar-refractivity contribution in [1.82, 2.24) is 10.2 Å². The summed E-state index contributed by atoms with van der Waals surface area (Å²) in [5.74, 6) is 0. The SMILES string of the molecule is NCCNCCN(CCN)CCN.OB(O)O. The highest BCUT2D eigenvalue weighted by Gasteiger charge is 2.00. The highest BCUT2D eigenvalue weighted by atomic mass is 16.5. The molecule has 0 radical (unpaired) electrons. The smallest absolute Gasteiger partial charge is 0.402 e. The Morgan fingerprint density at radius 2 is 1.29 bits per heavy atom. The first-order chi connectivity index (χ1) is 8.08. The van der Waals surface area contributed by atoms with Gasteiger partial charge in [-0.1, -0.05) is 0 Å². The van der Waals surface area contributed by atoms with E-state index in [2.05, 4.69) is 10.2 Å². The van der Waals surface area contributed by atoms with Crippen LogP contribution in [0.25, 0.3) is 0 Å². The van der Waals surface area contributed by atoms with Gasteiger partial charge in [-0.3, -0.25) is 4.90 Å². The fourth-order valence-electron chi connectivity index (χ4n) is 1.16. The molecule has 0 aromatic rings. The van der Waals surface area contributed by atoms with E-state index in [1.165, 1.54) is 0 Å². The van der Waals surface area contributed by atoms with Crippen LogP contribution in [0.5, 0.6) is 0 Å². The molecule has 0 unspecified atom stereocenters. The van der Waals surface area contributed by atoms with E-state index in [4.69, 9.17) is 32.3 Å². The number of nitrogens with one attached hydrogen (secondary N) is 1. The summed E-state index contributed by atoms with van der Waals surface area (Å²) in [6, 6.07) is 0. The van der Waals surface area contributed by atoms with Crippen LogP contribution >= 0.6 is 0 Å². The molecule has 0 aliphatic rings. The second kappa shape index (κ2) is 15.7. The summed E-state index contributed by atoms with van der Waals surface area (Å²) in [5.41, 5.74) is 16.3. The van der Waals surface area contributed by atoms with Gasteiger partial charge in [0.15, 0.2) is 0 Å². The van der Waals surface area contributed by atoms with Crippen LogP contribution in [0.1, 0.15) is 0 Å². The summed E-state index contributed by atoms with van der Waals surface area (Å²) < 4.78 is 0. The molecule has 0 rings (SSSR count). The number of hydrogen-bond donors (Lipinski definition) is 7. The van der Waals surface area contributed by atoms with Crippen molar-refractivity contribution in [3.63, 3.8) is 0 Å². The molecule has 8 nitrogen and oxygen atoms in total. The molecular weight excluding hydrogens is 225 g/mol. The monoisotopic (exact) mass is 251 g/mol. The average Bonchev–Trinajstić information content (AvgIpc) is 2.24. The molecular formula is C8H26BN5O3. The van der Waals surface area contributed by atoms with Crippen molar-refractivity contribution in [3.05, 3.63) is 0 Å². The van der Waals surface area contributed by atoms with Gasteiger partial charge in [-0.2, -0.15) is 0 Å². The molecule has 0 atom stereocenters. The van der Waals surface area contributed by atoms with E-state index in [1.54, 1.807) is 0 Å². The van der Waals surface area contributed by atoms with Crippen molar-refractivity contribution in [3.8, 4) is 0 Å². The predicted molar refractivity (Wildman–Crippen MR) is 68.9 cm³/mol. The van der Waals surface area contributed by atoms with Crippen molar-refractivity contribution in [1.29, 1.82) is 0 Å². The Kier molecular flexibility index (Phi) is 17.7. The maximum Gasteiger partial charge on any atom is 0.631 e. The summed E-state index contributed by atoms with van der Waals surface area (Å²) in [5, 5.41) is 24.7. The molecule has 0 heterocycles. The minimum atomic E-state index is -2.17. The molecule has 10 N–H and O–H groups in total. The van der Waals surface area contributed by atoms with Gasteiger partial charge >= 0.3 is 7.32 Å². The Morgan fingerprint density at radius 3 is 1.65 bits per heavy atom. The molecule has 0 saturated carbocycles. The molecule has 0 saturated heterocycles. The molecule has 0 spiro atoms. The molecule has 0 aliphatic carbocycles. The van der Waals surface area contributed by atoms with Crippen molar-refractivity contribution >= 4 is 7.32 Å². The zero-order valence-corrected chi connectivity index (χ0v) is 10.3. The predicted octanol–water partition coefficient (Wildman–Crippen LogP) is -4.30. The largest absolute Gasteiger partial charge is 0.631 e. The lowest BCUT2D eigenvalue weighted by molar-refractivity contribution is 0.278. The first-order valence-electron chi connectivity index (χ1n) is 5.66. The van der Waals surface area contributed by atoms with E-state index in [9.17, 15) is 0 Å². The van der Waals surface area contributed by atoms with Crippen molar-refractivity contribution in [2.45, 2.75) is 0 Å². The van der Waals surface area contributed by atoms with Crippen LogP contribution < -0.4 is 22.5 Å². The van der Waals surface area contributed by atoms with Crippen LogP contribution in [0.4, 0.5) is 0 Å². The fourth-order valence-corrected chi connectivity index (χ4v) is 1.16. The van der Waals surface area contributed by atoms with Gasteiger partial charge in [0.05, 0.1) is 0 Å². The molecule has 0 aliphatic heterocycles. The molecule has 9 heteroatoms. The second-order valence-corrected chi connectivity index (χ2v) is 3.30. The van der Waals surface area contributed by atoms with E-state index in [0.717, 1.165) is 32.7 Å². The van der Waals surface area contributed by atoms with Gasteiger partial charge in [0.25, 0.3) is 0 Å². The third-order valence-corrected chi connectivity index (χ3v) is 1.82. The van der Waals surface area contributed by atoms with Crippen LogP contribution in [-0.4, -0.2) is 79.7 Å². The number of nitrogens with zero attached hydrogens (tertiary/aromatic N) is 1. The second-order valence-electron chi connectivity index (χ2n) is 3.30. The summed E-state index contributed by atoms with van der Waals surface area (Å²) in [6.45, 7) is 6.73. The number of rotatable bonds is 9. The third kappa shape index (κ3) is 21.6. The molecule has 0 fully saturated rings. The maximum absolute atomic E-state index is 7.17. The van der Waals surface area contributed by atoms with Crippen LogP contribution in [-0.2, 0) is 0 Å². The third-order valence-electron chi connectivity index (χ3n) is 1.82. The minimum absolute atomic E-state index is 0.688. The summed E-state index contributed by atoms with van der Waals surface area (Å²) in [4.78, 5) is 2.25. The zero-order chi connectivity index (χ0) is 13.5. The first-order valence-corrected chi connectivity index (χ1v) is 5.66. The molecule has 0 amide bonds. The quantitative estimate of drug-likeness (QED) is 0.160. The van der Waals surface area contributed by atoms with Gasteiger partial charge in [-0.15, -0.1) is 0 Å². The van der Waals surface area contributed by atoms with Crippen molar-refractivity contribution < 1.29 is 15.1 Å². The number of hydrogen-bond acceptors (Lipinski definition) is 8. The lowest BCUT2D eigenvalue weighted by atomic mass is 10.3. The molecule has 17 heavy (non-hydrogen) atoms. The minimum Gasteiger partial charge on any atom is -0.402 e. The lowest BCUT2D eigenvalue weighted by Crippen LogP contribution is -2.39. The van der Waals surface area contributed by atoms with Crippen molar-refractivity contribution in [2.24, 2.45) is 17.2 Å². The van der Waals surface area contributed by atoms with Gasteiger partial charge in [0.1, 0.15) is 0 Å². The van der Waals surface area contributed by atoms with Crippen LogP contribution in [0.3, 0.4) is 0 Å². The van der Waals surface area contributed by atoms with E-state index < -0.39 is 7.32 Å². The first kappa shape index (κ1) is 19.1. The fraction of sp³-hybridized carbons (Fsp3) is 1.00. The molecule has 0 aromatic carbocycles. The Labute approximate surface area is 103 Å². The highest BCUT2D eigenvalue weighted by Crippen LogP contribution is 1.83. The number of nitrogens with two attached hydrogens (primary N) is 3. The maximum atomic E-state index is 7.17. The Balaban J connectivity index is 0.